The first-order chi connectivity index (χ1) is 20.8. The first-order valence-corrected chi connectivity index (χ1v) is 18.8. The molecule has 0 amide bonds. The molecule has 6 atom stereocenters. The molecule has 45 heavy (non-hydrogen) atoms. The van der Waals surface area contributed by atoms with E-state index in [2.05, 4.69) is 9.71 Å². The summed E-state index contributed by atoms with van der Waals surface area (Å²) in [5.41, 5.74) is -2.03. The topological polar surface area (TPSA) is 178 Å². The van der Waals surface area contributed by atoms with Crippen molar-refractivity contribution in [1.29, 1.82) is 0 Å². The van der Waals surface area contributed by atoms with Crippen LogP contribution in [0.1, 0.15) is 86.3 Å². The van der Waals surface area contributed by atoms with Crippen molar-refractivity contribution >= 4 is 49.5 Å². The largest absolute Gasteiger partial charge is 0.458 e. The van der Waals surface area contributed by atoms with Crippen LogP contribution in [0.5, 0.6) is 0 Å². The summed E-state index contributed by atoms with van der Waals surface area (Å²) >= 11 is 0.666. The third-order valence-electron chi connectivity index (χ3n) is 8.57. The number of carbonyl (C=O) groups excluding carboxylic acids is 2. The monoisotopic (exact) mass is 695 g/mol. The van der Waals surface area contributed by atoms with E-state index in [4.69, 9.17) is 14.2 Å². The number of aliphatic hydroxyl groups is 1. The predicted molar refractivity (Wildman–Crippen MR) is 171 cm³/mol. The van der Waals surface area contributed by atoms with Gasteiger partial charge in [-0.3, -0.25) is 4.79 Å². The van der Waals surface area contributed by atoms with Crippen LogP contribution in [0, 0.1) is 11.8 Å². The van der Waals surface area contributed by atoms with Crippen LogP contribution < -0.4 is 5.32 Å². The van der Waals surface area contributed by atoms with Gasteiger partial charge in [-0.05, 0) is 59.6 Å². The summed E-state index contributed by atoms with van der Waals surface area (Å²) in [5, 5.41) is 12.8. The lowest BCUT2D eigenvalue weighted by atomic mass is 9.86. The van der Waals surface area contributed by atoms with Crippen LogP contribution in [-0.2, 0) is 43.8 Å². The van der Waals surface area contributed by atoms with Gasteiger partial charge in [0.25, 0.3) is 20.0 Å². The van der Waals surface area contributed by atoms with Crippen molar-refractivity contribution < 1.29 is 45.7 Å². The summed E-state index contributed by atoms with van der Waals surface area (Å²) in [4.78, 5) is 25.3. The van der Waals surface area contributed by atoms with Crippen molar-refractivity contribution in [2.45, 2.75) is 106 Å². The summed E-state index contributed by atoms with van der Waals surface area (Å²) in [5.74, 6) is -3.10. The molecule has 0 aromatic carbocycles. The first-order valence-electron chi connectivity index (χ1n) is 15.1. The van der Waals surface area contributed by atoms with Gasteiger partial charge in [-0.1, -0.05) is 27.7 Å². The maximum absolute atomic E-state index is 13.4. The molecule has 16 heteroatoms. The van der Waals surface area contributed by atoms with Gasteiger partial charge in [0.1, 0.15) is 25.7 Å². The minimum Gasteiger partial charge on any atom is -0.458 e. The normalized spacial score (nSPS) is 21.7. The van der Waals surface area contributed by atoms with Crippen LogP contribution in [-0.4, -0.2) is 95.1 Å². The highest BCUT2D eigenvalue weighted by molar-refractivity contribution is 7.94. The van der Waals surface area contributed by atoms with Gasteiger partial charge in [-0.25, -0.2) is 13.2 Å². The fraction of sp³-hybridized carbons (Fsp3) is 0.759. The van der Waals surface area contributed by atoms with E-state index < -0.39 is 67.2 Å². The molecule has 0 saturated heterocycles. The van der Waals surface area contributed by atoms with Gasteiger partial charge >= 0.3 is 11.9 Å². The van der Waals surface area contributed by atoms with Crippen LogP contribution in [0.2, 0.25) is 0 Å². The molecule has 2 rings (SSSR count). The number of nitrogens with zero attached hydrogens (tertiary/aromatic N) is 2. The second-order valence-electron chi connectivity index (χ2n) is 11.7. The van der Waals surface area contributed by atoms with Gasteiger partial charge in [0, 0.05) is 50.5 Å². The molecule has 1 aromatic rings. The molecule has 0 aliphatic carbocycles. The molecule has 1 aliphatic heterocycles. The second kappa shape index (κ2) is 15.8. The molecule has 13 nitrogen and oxygen atoms in total. The van der Waals surface area contributed by atoms with E-state index in [0.29, 0.717) is 42.9 Å². The maximum Gasteiger partial charge on any atom is 0.335 e. The number of sulfonamides is 2. The van der Waals surface area contributed by atoms with E-state index in [0.717, 1.165) is 0 Å². The Hall–Kier alpha value is -1.95. The number of fused-ring (bicyclic) bond motifs is 1. The molecular weight excluding hydrogens is 647 g/mol. The SMILES string of the molecule is CCN[C@H]1CN(CCCOC)S(=O)(=O)c2sc(S(=O)(=O)N=CC(C)C(C)(CC)OC(=O)C(C)C(C)(CC)OC(=O)C(C)O)cc21. The Balaban J connectivity index is 2.33. The number of esters is 2. The fourth-order valence-electron chi connectivity index (χ4n) is 4.69. The minimum atomic E-state index is -4.30. The first kappa shape index (κ1) is 39.2. The van der Waals surface area contributed by atoms with Crippen LogP contribution in [0.25, 0.3) is 0 Å². The number of hydrogen-bond acceptors (Lipinski definition) is 12. The Morgan fingerprint density at radius 2 is 1.76 bits per heavy atom. The summed E-state index contributed by atoms with van der Waals surface area (Å²) in [6, 6.07) is 0.979. The molecule has 1 aliphatic rings. The molecule has 0 bridgehead atoms. The molecule has 5 unspecified atom stereocenters. The summed E-state index contributed by atoms with van der Waals surface area (Å²) in [6.07, 6.45) is 0.909. The van der Waals surface area contributed by atoms with Gasteiger partial charge in [-0.2, -0.15) is 17.1 Å². The van der Waals surface area contributed by atoms with Gasteiger partial charge in [0.05, 0.1) is 5.92 Å². The van der Waals surface area contributed by atoms with E-state index in [1.165, 1.54) is 30.6 Å². The molecule has 0 radical (unpaired) electrons. The molecule has 2 N–H and O–H groups in total. The lowest BCUT2D eigenvalue weighted by Crippen LogP contribution is -2.47. The van der Waals surface area contributed by atoms with Crippen molar-refractivity contribution in [3.8, 4) is 0 Å². The van der Waals surface area contributed by atoms with Gasteiger partial charge < -0.3 is 24.6 Å². The van der Waals surface area contributed by atoms with Crippen LogP contribution in [0.15, 0.2) is 18.9 Å². The van der Waals surface area contributed by atoms with Gasteiger partial charge in [-0.15, -0.1) is 11.3 Å². The highest BCUT2D eigenvalue weighted by Gasteiger charge is 2.44. The summed E-state index contributed by atoms with van der Waals surface area (Å²) in [7, 11) is -6.69. The van der Waals surface area contributed by atoms with Crippen LogP contribution in [0.4, 0.5) is 0 Å². The Labute approximate surface area is 271 Å². The average Bonchev–Trinajstić information content (AvgIpc) is 3.46. The standard InChI is InChI=1S/C29H49N3O10S3/c1-10-28(7,41-25(34)20(5)29(8,11-2)42-26(35)21(6)33)19(4)17-31-44(36,37)24-16-22-23(30-12-3)18-32(14-13-15-40-9)45(38,39)27(22)43-24/h16-17,19-21,23,30,33H,10-15,18H2,1-9H3/t19?,20?,21?,23-,28?,29?/m0/s1. The van der Waals surface area contributed by atoms with E-state index in [1.54, 1.807) is 41.5 Å². The Morgan fingerprint density at radius 1 is 1.16 bits per heavy atom. The van der Waals surface area contributed by atoms with E-state index in [9.17, 15) is 31.5 Å². The van der Waals surface area contributed by atoms with E-state index in [-0.39, 0.29) is 27.9 Å². The number of hydrogen-bond donors (Lipinski definition) is 2. The number of carbonyl (C=O) groups is 2. The predicted octanol–water partition coefficient (Wildman–Crippen LogP) is 3.28. The molecular formula is C29H49N3O10S3. The third-order valence-corrected chi connectivity index (χ3v) is 13.8. The van der Waals surface area contributed by atoms with E-state index in [1.807, 2.05) is 6.92 Å². The van der Waals surface area contributed by atoms with Gasteiger partial charge in [0.15, 0.2) is 0 Å². The van der Waals surface area contributed by atoms with Crippen molar-refractivity contribution in [3.05, 3.63) is 11.6 Å². The molecule has 1 aromatic heterocycles. The molecule has 258 valence electrons. The number of methoxy groups -OCH3 is 1. The molecule has 2 heterocycles. The Bertz CT molecular complexity index is 1430. The molecule has 0 fully saturated rings. The number of aliphatic hydroxyl groups excluding tert-OH is 1. The van der Waals surface area contributed by atoms with Gasteiger partial charge in [0.2, 0.25) is 0 Å². The highest BCUT2D eigenvalue weighted by atomic mass is 32.3. The lowest BCUT2D eigenvalue weighted by Gasteiger charge is -2.38. The number of ether oxygens (including phenoxy) is 3. The zero-order valence-corrected chi connectivity index (χ0v) is 30.1. The second-order valence-corrected chi connectivity index (χ2v) is 16.8. The average molecular weight is 696 g/mol. The van der Waals surface area contributed by atoms with E-state index >= 15 is 0 Å². The summed E-state index contributed by atoms with van der Waals surface area (Å²) < 4.78 is 75.0. The highest BCUT2D eigenvalue weighted by Crippen LogP contribution is 2.41. The number of likely N-dealkylation sites (N-methyl/N-ethyl adjacent to an activating group) is 1. The maximum atomic E-state index is 13.4. The molecule has 0 saturated carbocycles. The quantitative estimate of drug-likeness (QED) is 0.139. The number of nitrogens with one attached hydrogen (secondary N) is 1. The fourth-order valence-corrected chi connectivity index (χ4v) is 9.51. The van der Waals surface area contributed by atoms with Crippen LogP contribution >= 0.6 is 11.3 Å². The van der Waals surface area contributed by atoms with Crippen molar-refractivity contribution in [1.82, 2.24) is 9.62 Å². The van der Waals surface area contributed by atoms with Crippen molar-refractivity contribution in [3.63, 3.8) is 0 Å². The third kappa shape index (κ3) is 9.11. The van der Waals surface area contributed by atoms with Crippen molar-refractivity contribution in [2.75, 3.05) is 33.4 Å². The Morgan fingerprint density at radius 3 is 2.29 bits per heavy atom. The zero-order valence-electron chi connectivity index (χ0n) is 27.7. The van der Waals surface area contributed by atoms with Crippen LogP contribution in [0.3, 0.4) is 0 Å². The summed E-state index contributed by atoms with van der Waals surface area (Å²) in [6.45, 7) is 14.5. The minimum absolute atomic E-state index is 0.0319. The smallest absolute Gasteiger partial charge is 0.335 e. The number of rotatable bonds is 17. The lowest BCUT2D eigenvalue weighted by molar-refractivity contribution is -0.187. The van der Waals surface area contributed by atoms with Crippen molar-refractivity contribution in [2.24, 2.45) is 16.2 Å². The Kier molecular flexibility index (Phi) is 13.7. The zero-order chi connectivity index (χ0) is 34.4. The molecule has 0 spiro atoms. The number of thiophene rings is 1.